The average molecular weight is 678 g/mol. The first-order valence-electron chi connectivity index (χ1n) is 15.6. The average Bonchev–Trinajstić information content (AvgIpc) is 3.37. The summed E-state index contributed by atoms with van der Waals surface area (Å²) in [6.07, 6.45) is 5.42. The van der Waals surface area contributed by atoms with Crippen molar-refractivity contribution < 1.29 is 18.3 Å². The Morgan fingerprint density at radius 1 is 1.36 bits per heavy atom. The van der Waals surface area contributed by atoms with Crippen molar-refractivity contribution in [3.8, 4) is 23.2 Å². The molecule has 7 rings (SSSR count). The van der Waals surface area contributed by atoms with Crippen LogP contribution in [0.3, 0.4) is 0 Å². The second kappa shape index (κ2) is 11.6. The van der Waals surface area contributed by atoms with Crippen molar-refractivity contribution in [3.63, 3.8) is 0 Å². The molecule has 0 bridgehead atoms. The smallest absolute Gasteiger partial charge is 0.319 e. The molecule has 244 valence electrons. The Bertz CT molecular complexity index is 2010. The predicted molar refractivity (Wildman–Crippen MR) is 181 cm³/mol. The van der Waals surface area contributed by atoms with Gasteiger partial charge in [0, 0.05) is 48.6 Å². The number of carbonyl (C=O) groups excluding carboxylic acids is 1. The number of benzene rings is 2. The van der Waals surface area contributed by atoms with Crippen LogP contribution in [0.25, 0.3) is 32.1 Å². The van der Waals surface area contributed by atoms with E-state index in [0.29, 0.717) is 36.2 Å². The minimum atomic E-state index is -0.756. The van der Waals surface area contributed by atoms with E-state index in [-0.39, 0.29) is 72.4 Å². The van der Waals surface area contributed by atoms with Gasteiger partial charge >= 0.3 is 6.01 Å². The van der Waals surface area contributed by atoms with Gasteiger partial charge in [0.05, 0.1) is 21.3 Å². The Morgan fingerprint density at radius 3 is 2.81 bits per heavy atom. The summed E-state index contributed by atoms with van der Waals surface area (Å²) < 4.78 is 38.2. The number of carbonyl (C=O) groups is 1. The van der Waals surface area contributed by atoms with Crippen LogP contribution in [0, 0.1) is 28.4 Å². The summed E-state index contributed by atoms with van der Waals surface area (Å²) >= 11 is 7.78. The Labute approximate surface area is 280 Å². The SMILES string of the molecule is C=CC(=O)N1CCC(N(C)c2nc(OCC3CC4(CC4)CN3C)nc3c(F)c(-c4ccc(F)c5sc(N)c(C#N)c45)c(Cl)cc23)C1C. The molecule has 3 aliphatic rings. The first-order chi connectivity index (χ1) is 22.5. The van der Waals surface area contributed by atoms with Crippen LogP contribution in [-0.4, -0.2) is 77.6 Å². The molecule has 2 aromatic heterocycles. The van der Waals surface area contributed by atoms with Crippen LogP contribution in [0.4, 0.5) is 19.6 Å². The Kier molecular flexibility index (Phi) is 7.77. The molecule has 1 aliphatic carbocycles. The summed E-state index contributed by atoms with van der Waals surface area (Å²) in [5.74, 6) is -1.08. The van der Waals surface area contributed by atoms with E-state index in [0.717, 1.165) is 24.3 Å². The van der Waals surface area contributed by atoms with E-state index in [9.17, 15) is 14.4 Å². The molecule has 3 atom stereocenters. The zero-order valence-electron chi connectivity index (χ0n) is 26.3. The number of aromatic nitrogens is 2. The summed E-state index contributed by atoms with van der Waals surface area (Å²) in [4.78, 5) is 27.9. The molecule has 4 aromatic rings. The maximum Gasteiger partial charge on any atom is 0.319 e. The van der Waals surface area contributed by atoms with Crippen LogP contribution in [0.1, 0.15) is 38.2 Å². The van der Waals surface area contributed by atoms with Crippen molar-refractivity contribution in [1.29, 1.82) is 5.26 Å². The maximum absolute atomic E-state index is 17.0. The highest BCUT2D eigenvalue weighted by molar-refractivity contribution is 7.23. The molecule has 2 aliphatic heterocycles. The number of nitrogen functional groups attached to an aromatic ring is 1. The highest BCUT2D eigenvalue weighted by atomic mass is 35.5. The van der Waals surface area contributed by atoms with Crippen molar-refractivity contribution in [3.05, 3.63) is 53.1 Å². The fraction of sp³-hybridized carbons (Fsp3) is 0.412. The number of fused-ring (bicyclic) bond motifs is 2. The van der Waals surface area contributed by atoms with Gasteiger partial charge in [-0.25, -0.2) is 8.78 Å². The van der Waals surface area contributed by atoms with Gasteiger partial charge in [-0.3, -0.25) is 9.69 Å². The zero-order chi connectivity index (χ0) is 33.4. The molecule has 3 unspecified atom stereocenters. The molecular formula is C34H34ClF2N7O2S. The molecule has 2 aromatic carbocycles. The number of ether oxygens (including phenoxy) is 1. The van der Waals surface area contributed by atoms with Crippen LogP contribution in [0.15, 0.2) is 30.9 Å². The first-order valence-corrected chi connectivity index (χ1v) is 16.8. The topological polar surface area (TPSA) is 112 Å². The number of thiophene rings is 1. The van der Waals surface area contributed by atoms with Gasteiger partial charge in [-0.05, 0) is 68.8 Å². The molecular weight excluding hydrogens is 644 g/mol. The van der Waals surface area contributed by atoms with Gasteiger partial charge in [0.25, 0.3) is 0 Å². The maximum atomic E-state index is 17.0. The minimum Gasteiger partial charge on any atom is -0.462 e. The molecule has 47 heavy (non-hydrogen) atoms. The lowest BCUT2D eigenvalue weighted by Crippen LogP contribution is -2.43. The highest BCUT2D eigenvalue weighted by Crippen LogP contribution is 2.54. The van der Waals surface area contributed by atoms with E-state index in [1.54, 1.807) is 11.0 Å². The third kappa shape index (κ3) is 5.16. The van der Waals surface area contributed by atoms with Crippen molar-refractivity contribution in [2.75, 3.05) is 44.4 Å². The number of hydrogen-bond acceptors (Lipinski definition) is 9. The molecule has 13 heteroatoms. The number of likely N-dealkylation sites (tertiary alicyclic amines) is 2. The van der Waals surface area contributed by atoms with Gasteiger partial charge in [0.2, 0.25) is 5.91 Å². The van der Waals surface area contributed by atoms with Crippen LogP contribution in [0.5, 0.6) is 6.01 Å². The number of nitrogens with two attached hydrogens (primary N) is 1. The fourth-order valence-electron chi connectivity index (χ4n) is 7.55. The number of rotatable bonds is 7. The molecule has 1 spiro atoms. The fourth-order valence-corrected chi connectivity index (χ4v) is 8.79. The lowest BCUT2D eigenvalue weighted by atomic mass is 9.97. The van der Waals surface area contributed by atoms with Gasteiger partial charge in [-0.15, -0.1) is 11.3 Å². The summed E-state index contributed by atoms with van der Waals surface area (Å²) in [5.41, 5.74) is 6.68. The summed E-state index contributed by atoms with van der Waals surface area (Å²) in [5, 5.41) is 10.6. The normalized spacial score (nSPS) is 21.9. The van der Waals surface area contributed by atoms with E-state index >= 15 is 4.39 Å². The number of amides is 1. The van der Waals surface area contributed by atoms with E-state index in [4.69, 9.17) is 27.1 Å². The van der Waals surface area contributed by atoms with Crippen molar-refractivity contribution in [2.24, 2.45) is 5.41 Å². The van der Waals surface area contributed by atoms with Gasteiger partial charge < -0.3 is 20.3 Å². The number of nitrogens with zero attached hydrogens (tertiary/aromatic N) is 6. The van der Waals surface area contributed by atoms with Crippen LogP contribution < -0.4 is 15.4 Å². The van der Waals surface area contributed by atoms with E-state index in [1.165, 1.54) is 31.1 Å². The van der Waals surface area contributed by atoms with Gasteiger partial charge in [-0.1, -0.05) is 24.2 Å². The summed E-state index contributed by atoms with van der Waals surface area (Å²) in [6.45, 7) is 7.50. The van der Waals surface area contributed by atoms with E-state index in [2.05, 4.69) is 23.5 Å². The predicted octanol–water partition coefficient (Wildman–Crippen LogP) is 6.37. The molecule has 9 nitrogen and oxygen atoms in total. The largest absolute Gasteiger partial charge is 0.462 e. The summed E-state index contributed by atoms with van der Waals surface area (Å²) in [6, 6.07) is 6.12. The van der Waals surface area contributed by atoms with Crippen molar-refractivity contribution >= 4 is 60.7 Å². The van der Waals surface area contributed by atoms with Crippen molar-refractivity contribution in [1.82, 2.24) is 19.8 Å². The minimum absolute atomic E-state index is 0.0167. The second-order valence-corrected chi connectivity index (χ2v) is 14.5. The lowest BCUT2D eigenvalue weighted by molar-refractivity contribution is -0.126. The third-order valence-electron chi connectivity index (χ3n) is 10.3. The molecule has 3 fully saturated rings. The standard InChI is InChI=1S/C34H34ClF2N7O2S/c1-5-25(45)44-11-8-24(17(44)2)43(4)32-20-12-22(35)27(19-6-7-23(36)30-26(19)21(14-38)31(39)47-30)28(37)29(20)40-33(41-32)46-15-18-13-34(9-10-34)16-42(18)3/h5-7,12,17-18,24H,1,8-11,13,15-16,39H2,2-4H3. The van der Waals surface area contributed by atoms with E-state index < -0.39 is 11.6 Å². The Hall–Kier alpha value is -4.05. The van der Waals surface area contributed by atoms with Crippen LogP contribution in [0.2, 0.25) is 5.02 Å². The molecule has 4 heterocycles. The van der Waals surface area contributed by atoms with Gasteiger partial charge in [0.15, 0.2) is 5.82 Å². The molecule has 2 N–H and O–H groups in total. The zero-order valence-corrected chi connectivity index (χ0v) is 27.9. The number of likely N-dealkylation sites (N-methyl/N-ethyl adjacent to an activating group) is 2. The van der Waals surface area contributed by atoms with Crippen LogP contribution in [-0.2, 0) is 4.79 Å². The van der Waals surface area contributed by atoms with Crippen LogP contribution >= 0.6 is 22.9 Å². The molecule has 1 amide bonds. The number of anilines is 2. The molecule has 0 radical (unpaired) electrons. The summed E-state index contributed by atoms with van der Waals surface area (Å²) in [7, 11) is 3.94. The quantitative estimate of drug-likeness (QED) is 0.225. The highest BCUT2D eigenvalue weighted by Gasteiger charge is 2.51. The second-order valence-electron chi connectivity index (χ2n) is 13.1. The lowest BCUT2D eigenvalue weighted by Gasteiger charge is -2.32. The first kappa shape index (κ1) is 31.5. The number of halogens is 3. The van der Waals surface area contributed by atoms with Gasteiger partial charge in [0.1, 0.15) is 34.8 Å². The monoisotopic (exact) mass is 677 g/mol. The molecule has 2 saturated heterocycles. The van der Waals surface area contributed by atoms with Gasteiger partial charge in [-0.2, -0.15) is 15.2 Å². The third-order valence-corrected chi connectivity index (χ3v) is 11.6. The molecule has 1 saturated carbocycles. The van der Waals surface area contributed by atoms with Crippen molar-refractivity contribution in [2.45, 2.75) is 50.7 Å². The number of nitriles is 1. The van der Waals surface area contributed by atoms with E-state index in [1.807, 2.05) is 24.9 Å². The Morgan fingerprint density at radius 2 is 2.13 bits per heavy atom. The number of hydrogen-bond donors (Lipinski definition) is 1. The Balaban J connectivity index is 1.36.